The molecule has 0 fully saturated rings. The molecule has 0 heterocycles. The Balaban J connectivity index is 3.72. The van der Waals surface area contributed by atoms with Gasteiger partial charge in [0.05, 0.1) is 0 Å². The summed E-state index contributed by atoms with van der Waals surface area (Å²) in [5.74, 6) is 0. The van der Waals surface area contributed by atoms with E-state index < -0.39 is 8.07 Å². The van der Waals surface area contributed by atoms with Crippen LogP contribution in [-0.4, -0.2) is 8.07 Å². The van der Waals surface area contributed by atoms with Crippen molar-refractivity contribution in [3.05, 3.63) is 0 Å². The monoisotopic (exact) mass is 216 g/mol. The fourth-order valence-electron chi connectivity index (χ4n) is 1.51. The summed E-state index contributed by atoms with van der Waals surface area (Å²) >= 11 is 0. The van der Waals surface area contributed by atoms with Gasteiger partial charge in [-0.05, 0) is 6.04 Å². The minimum atomic E-state index is -2.20. The van der Waals surface area contributed by atoms with Crippen LogP contribution >= 0.6 is 0 Å². The van der Waals surface area contributed by atoms with E-state index in [-0.39, 0.29) is 0 Å². The molecule has 0 bridgehead atoms. The third-order valence-electron chi connectivity index (χ3n) is 2.64. The molecule has 0 saturated carbocycles. The molecule has 15 heavy (non-hydrogen) atoms. The molecular weight excluding hydrogens is 196 g/mol. The zero-order valence-corrected chi connectivity index (χ0v) is 10.7. The first kappa shape index (κ1) is 13.9. The molecule has 0 aliphatic heterocycles. The fourth-order valence-corrected chi connectivity index (χ4v) is 2.98. The van der Waals surface area contributed by atoms with Gasteiger partial charge in [-0.25, -0.2) is 0 Å². The van der Waals surface area contributed by atoms with Gasteiger partial charge in [0, 0.05) is 0 Å². The minimum Gasteiger partial charge on any atom is -0.125 e. The molecule has 0 saturated heterocycles. The standard InChI is InChI=1S/C14H20Si/c1-5-9-10-11-12-13-14-15(6-2,7-3)8-4/h2-4H,5,9-14H2,1H3. The Bertz CT molecular complexity index is 246. The third-order valence-corrected chi connectivity index (χ3v) is 5.23. The molecular formula is C14H20Si. The molecule has 0 aliphatic rings. The van der Waals surface area contributed by atoms with E-state index in [9.17, 15) is 0 Å². The van der Waals surface area contributed by atoms with Crippen LogP contribution in [0.4, 0.5) is 0 Å². The molecule has 0 aromatic rings. The first-order valence-corrected chi connectivity index (χ1v) is 7.88. The molecule has 0 spiro atoms. The van der Waals surface area contributed by atoms with E-state index in [2.05, 4.69) is 23.6 Å². The van der Waals surface area contributed by atoms with Crippen molar-refractivity contribution in [3.63, 3.8) is 0 Å². The van der Waals surface area contributed by atoms with E-state index in [0.29, 0.717) is 0 Å². The van der Waals surface area contributed by atoms with Crippen molar-refractivity contribution < 1.29 is 0 Å². The van der Waals surface area contributed by atoms with Crippen LogP contribution in [0.5, 0.6) is 0 Å². The molecule has 0 aromatic carbocycles. The van der Waals surface area contributed by atoms with E-state index in [0.717, 1.165) is 12.5 Å². The number of rotatable bonds is 7. The van der Waals surface area contributed by atoms with Crippen LogP contribution in [-0.2, 0) is 0 Å². The Kier molecular flexibility index (Phi) is 7.62. The van der Waals surface area contributed by atoms with Crippen LogP contribution in [0, 0.1) is 35.9 Å². The van der Waals surface area contributed by atoms with Crippen LogP contribution in [0.3, 0.4) is 0 Å². The number of hydrogen-bond donors (Lipinski definition) is 0. The van der Waals surface area contributed by atoms with Crippen molar-refractivity contribution in [2.24, 2.45) is 0 Å². The quantitative estimate of drug-likeness (QED) is 0.348. The zero-order valence-electron chi connectivity index (χ0n) is 9.68. The smallest absolute Gasteiger partial charge is 0.125 e. The lowest BCUT2D eigenvalue weighted by atomic mass is 10.1. The maximum absolute atomic E-state index is 5.42. The molecule has 0 aliphatic carbocycles. The van der Waals surface area contributed by atoms with E-state index in [1.165, 1.54) is 32.1 Å². The predicted molar refractivity (Wildman–Crippen MR) is 70.4 cm³/mol. The average molecular weight is 216 g/mol. The first-order valence-electron chi connectivity index (χ1n) is 5.68. The Morgan fingerprint density at radius 2 is 1.27 bits per heavy atom. The molecule has 0 atom stereocenters. The van der Waals surface area contributed by atoms with Gasteiger partial charge in [0.2, 0.25) is 0 Å². The van der Waals surface area contributed by atoms with Crippen LogP contribution < -0.4 is 0 Å². The lowest BCUT2D eigenvalue weighted by molar-refractivity contribution is 0.623. The normalized spacial score (nSPS) is 10.0. The molecule has 0 N–H and O–H groups in total. The topological polar surface area (TPSA) is 0 Å². The zero-order chi connectivity index (χ0) is 11.6. The first-order chi connectivity index (χ1) is 7.24. The van der Waals surface area contributed by atoms with Gasteiger partial charge in [0.15, 0.2) is 0 Å². The highest BCUT2D eigenvalue weighted by Gasteiger charge is 2.25. The minimum absolute atomic E-state index is 0.891. The van der Waals surface area contributed by atoms with Crippen molar-refractivity contribution in [1.29, 1.82) is 0 Å². The summed E-state index contributed by atoms with van der Waals surface area (Å²) in [5, 5.41) is 0. The molecule has 0 rings (SSSR count). The van der Waals surface area contributed by atoms with Gasteiger partial charge in [-0.2, -0.15) is 0 Å². The number of terminal acetylenes is 3. The van der Waals surface area contributed by atoms with E-state index >= 15 is 0 Å². The summed E-state index contributed by atoms with van der Waals surface area (Å²) in [6, 6.07) is 0.891. The predicted octanol–water partition coefficient (Wildman–Crippen LogP) is 3.31. The van der Waals surface area contributed by atoms with Crippen molar-refractivity contribution in [2.75, 3.05) is 0 Å². The van der Waals surface area contributed by atoms with Gasteiger partial charge < -0.3 is 0 Å². The summed E-state index contributed by atoms with van der Waals surface area (Å²) in [6.45, 7) is 2.22. The van der Waals surface area contributed by atoms with Gasteiger partial charge >= 0.3 is 0 Å². The molecule has 0 nitrogen and oxygen atoms in total. The Labute approximate surface area is 95.9 Å². The number of unbranched alkanes of at least 4 members (excludes halogenated alkanes) is 5. The lowest BCUT2D eigenvalue weighted by Crippen LogP contribution is -2.29. The molecule has 0 amide bonds. The summed E-state index contributed by atoms with van der Waals surface area (Å²) in [6.07, 6.45) is 23.7. The summed E-state index contributed by atoms with van der Waals surface area (Å²) in [4.78, 5) is 0. The second-order valence-corrected chi connectivity index (χ2v) is 7.03. The van der Waals surface area contributed by atoms with Gasteiger partial charge in [0.25, 0.3) is 8.07 Å². The van der Waals surface area contributed by atoms with Crippen molar-refractivity contribution in [2.45, 2.75) is 51.5 Å². The Hall–Kier alpha value is -1.10. The Morgan fingerprint density at radius 1 is 0.800 bits per heavy atom. The van der Waals surface area contributed by atoms with E-state index in [4.69, 9.17) is 19.3 Å². The third kappa shape index (κ3) is 5.36. The summed E-state index contributed by atoms with van der Waals surface area (Å²) < 4.78 is 0. The number of hydrogen-bond acceptors (Lipinski definition) is 0. The van der Waals surface area contributed by atoms with Crippen LogP contribution in [0.15, 0.2) is 0 Å². The second-order valence-electron chi connectivity index (χ2n) is 3.86. The maximum atomic E-state index is 5.42. The van der Waals surface area contributed by atoms with Crippen molar-refractivity contribution in [3.8, 4) is 35.9 Å². The second kappa shape index (κ2) is 8.23. The molecule has 0 radical (unpaired) electrons. The molecule has 0 aromatic heterocycles. The Morgan fingerprint density at radius 3 is 1.73 bits per heavy atom. The molecule has 1 heteroatoms. The van der Waals surface area contributed by atoms with Gasteiger partial charge in [0.1, 0.15) is 0 Å². The SMILES string of the molecule is C#C[Si](C#C)(C#C)CCCCCCCC. The van der Waals surface area contributed by atoms with Crippen molar-refractivity contribution >= 4 is 8.07 Å². The van der Waals surface area contributed by atoms with Gasteiger partial charge in [-0.3, -0.25) is 0 Å². The van der Waals surface area contributed by atoms with E-state index in [1.807, 2.05) is 0 Å². The highest BCUT2D eigenvalue weighted by Crippen LogP contribution is 2.14. The largest absolute Gasteiger partial charge is 0.289 e. The summed E-state index contributed by atoms with van der Waals surface area (Å²) in [5.41, 5.74) is 8.05. The maximum Gasteiger partial charge on any atom is 0.289 e. The van der Waals surface area contributed by atoms with Gasteiger partial charge in [-0.15, -0.1) is 35.9 Å². The fraction of sp³-hybridized carbons (Fsp3) is 0.571. The molecule has 80 valence electrons. The molecule has 0 unspecified atom stereocenters. The summed E-state index contributed by atoms with van der Waals surface area (Å²) in [7, 11) is -2.20. The highest BCUT2D eigenvalue weighted by molar-refractivity contribution is 7.00. The lowest BCUT2D eigenvalue weighted by Gasteiger charge is -2.11. The van der Waals surface area contributed by atoms with E-state index in [1.54, 1.807) is 0 Å². The highest BCUT2D eigenvalue weighted by atomic mass is 28.3. The van der Waals surface area contributed by atoms with Gasteiger partial charge in [-0.1, -0.05) is 45.4 Å². The average Bonchev–Trinajstić information content (AvgIpc) is 2.29. The van der Waals surface area contributed by atoms with Crippen LogP contribution in [0.1, 0.15) is 45.4 Å². The van der Waals surface area contributed by atoms with Crippen LogP contribution in [0.25, 0.3) is 0 Å². The van der Waals surface area contributed by atoms with Crippen LogP contribution in [0.2, 0.25) is 6.04 Å². The van der Waals surface area contributed by atoms with Crippen molar-refractivity contribution in [1.82, 2.24) is 0 Å².